The first kappa shape index (κ1) is 24.4. The molecular weight excluding hydrogens is 492 g/mol. The van der Waals surface area contributed by atoms with E-state index < -0.39 is 0 Å². The van der Waals surface area contributed by atoms with Gasteiger partial charge in [-0.15, -0.1) is 0 Å². The second-order valence-electron chi connectivity index (χ2n) is 11.3. The van der Waals surface area contributed by atoms with Crippen LogP contribution < -0.4 is 20.5 Å². The van der Waals surface area contributed by atoms with Gasteiger partial charge in [0.2, 0.25) is 0 Å². The molecule has 2 N–H and O–H groups in total. The number of hydrogen-bond acceptors (Lipinski definition) is 8. The van der Waals surface area contributed by atoms with E-state index in [1.165, 1.54) is 0 Å². The van der Waals surface area contributed by atoms with E-state index in [2.05, 4.69) is 22.2 Å². The number of pyridine rings is 1. The lowest BCUT2D eigenvalue weighted by atomic mass is 10.00. The Bertz CT molecular complexity index is 1620. The Labute approximate surface area is 227 Å². The predicted molar refractivity (Wildman–Crippen MR) is 153 cm³/mol. The van der Waals surface area contributed by atoms with E-state index in [9.17, 15) is 9.90 Å². The van der Waals surface area contributed by atoms with Gasteiger partial charge in [-0.1, -0.05) is 24.3 Å². The normalized spacial score (nSPS) is 23.2. The number of hydrogen-bond donors (Lipinski definition) is 2. The van der Waals surface area contributed by atoms with Gasteiger partial charge < -0.3 is 29.5 Å². The first-order valence-corrected chi connectivity index (χ1v) is 13.9. The minimum absolute atomic E-state index is 0.153. The molecule has 0 spiro atoms. The van der Waals surface area contributed by atoms with Crippen molar-refractivity contribution in [3.8, 4) is 23.0 Å². The Morgan fingerprint density at radius 1 is 1.05 bits per heavy atom. The summed E-state index contributed by atoms with van der Waals surface area (Å²) < 4.78 is 7.87. The number of phenols is 1. The quantitative estimate of drug-likeness (QED) is 0.409. The van der Waals surface area contributed by atoms with Crippen LogP contribution in [0.4, 0.5) is 5.82 Å². The zero-order valence-electron chi connectivity index (χ0n) is 22.4. The van der Waals surface area contributed by atoms with Crippen molar-refractivity contribution in [1.82, 2.24) is 24.8 Å². The van der Waals surface area contributed by atoms with Crippen molar-refractivity contribution >= 4 is 27.5 Å². The zero-order valence-corrected chi connectivity index (χ0v) is 22.4. The maximum atomic E-state index is 14.0. The van der Waals surface area contributed by atoms with Gasteiger partial charge in [-0.2, -0.15) is 9.97 Å². The number of benzene rings is 2. The third-order valence-electron chi connectivity index (χ3n) is 8.77. The highest BCUT2D eigenvalue weighted by Gasteiger charge is 2.34. The van der Waals surface area contributed by atoms with E-state index in [-0.39, 0.29) is 11.3 Å². The minimum Gasteiger partial charge on any atom is -0.508 e. The fraction of sp³-hybridized carbons (Fsp3) is 0.433. The highest BCUT2D eigenvalue weighted by Crippen LogP contribution is 2.35. The molecule has 0 radical (unpaired) electrons. The van der Waals surface area contributed by atoms with Crippen molar-refractivity contribution in [2.75, 3.05) is 38.2 Å². The molecule has 2 aromatic carbocycles. The smallest absolute Gasteiger partial charge is 0.319 e. The summed E-state index contributed by atoms with van der Waals surface area (Å²) in [7, 11) is 3.90. The molecule has 3 aliphatic rings. The Hall–Kier alpha value is -3.69. The van der Waals surface area contributed by atoms with Gasteiger partial charge in [-0.3, -0.25) is 4.79 Å². The van der Waals surface area contributed by atoms with E-state index >= 15 is 0 Å². The van der Waals surface area contributed by atoms with Crippen LogP contribution in [0.3, 0.4) is 0 Å². The molecule has 202 valence electrons. The average molecular weight is 527 g/mol. The molecule has 3 aliphatic heterocycles. The molecule has 2 aromatic heterocycles. The van der Waals surface area contributed by atoms with E-state index in [0.29, 0.717) is 53.2 Å². The number of fused-ring (bicyclic) bond motifs is 4. The number of ether oxygens (including phenoxy) is 1. The summed E-state index contributed by atoms with van der Waals surface area (Å²) in [5.41, 5.74) is 1.87. The molecule has 9 heteroatoms. The van der Waals surface area contributed by atoms with E-state index in [1.54, 1.807) is 23.7 Å². The molecule has 4 aromatic rings. The van der Waals surface area contributed by atoms with Crippen LogP contribution in [0.25, 0.3) is 32.9 Å². The first-order chi connectivity index (χ1) is 18.9. The molecule has 0 amide bonds. The van der Waals surface area contributed by atoms with Gasteiger partial charge in [0, 0.05) is 43.8 Å². The number of likely N-dealkylation sites (tertiary alicyclic amines) is 1. The predicted octanol–water partition coefficient (Wildman–Crippen LogP) is 3.27. The summed E-state index contributed by atoms with van der Waals surface area (Å²) in [5.74, 6) is 0.807. The largest absolute Gasteiger partial charge is 0.508 e. The van der Waals surface area contributed by atoms with Crippen LogP contribution in [-0.4, -0.2) is 76.0 Å². The van der Waals surface area contributed by atoms with Crippen LogP contribution in [-0.2, 0) is 7.05 Å². The standard InChI is InChI=1S/C30H34N6O3/c1-34-11-5-7-21(34)17-39-30-32-25-14-26(24-13-22(37)12-18-6-3-4-8-23(18)24)35(2)29(38)27(25)28(33-30)36-15-19-9-10-20(16-36)31-19/h3-4,6,8,12-14,19-21,31,37H,5,7,9-11,15-17H2,1-2H3/t19?,20?,21-/m0/s1. The first-order valence-electron chi connectivity index (χ1n) is 13.9. The van der Waals surface area contributed by atoms with Gasteiger partial charge in [0.05, 0.1) is 11.2 Å². The molecule has 2 unspecified atom stereocenters. The van der Waals surface area contributed by atoms with Crippen molar-refractivity contribution in [2.45, 2.75) is 43.8 Å². The topological polar surface area (TPSA) is 95.8 Å². The maximum absolute atomic E-state index is 14.0. The molecule has 39 heavy (non-hydrogen) atoms. The molecule has 2 bridgehead atoms. The molecule has 7 rings (SSSR count). The highest BCUT2D eigenvalue weighted by molar-refractivity contribution is 5.99. The van der Waals surface area contributed by atoms with Gasteiger partial charge in [0.25, 0.3) is 5.56 Å². The molecule has 3 saturated heterocycles. The number of phenolic OH excluding ortho intramolecular Hbond substituents is 1. The SMILES string of the molecule is CN1CCC[C@H]1COc1nc(N2CC3CCC(C2)N3)c2c(=O)n(C)c(-c3cc(O)cc4ccccc34)cc2n1. The van der Waals surface area contributed by atoms with Crippen molar-refractivity contribution in [2.24, 2.45) is 7.05 Å². The van der Waals surface area contributed by atoms with Crippen molar-refractivity contribution in [3.63, 3.8) is 0 Å². The second kappa shape index (κ2) is 9.50. The van der Waals surface area contributed by atoms with Gasteiger partial charge in [0.1, 0.15) is 23.6 Å². The molecule has 3 fully saturated rings. The third kappa shape index (κ3) is 4.30. The Balaban J connectivity index is 1.39. The number of nitrogens with one attached hydrogen (secondary N) is 1. The van der Waals surface area contributed by atoms with Gasteiger partial charge in [0.15, 0.2) is 0 Å². The van der Waals surface area contributed by atoms with Crippen molar-refractivity contribution < 1.29 is 9.84 Å². The number of piperazine rings is 1. The summed E-state index contributed by atoms with van der Waals surface area (Å²) in [6.07, 6.45) is 4.52. The summed E-state index contributed by atoms with van der Waals surface area (Å²) in [5, 5.41) is 16.6. The van der Waals surface area contributed by atoms with E-state index in [0.717, 1.165) is 61.7 Å². The summed E-state index contributed by atoms with van der Waals surface area (Å²) in [6.45, 7) is 3.19. The molecule has 0 saturated carbocycles. The number of aromatic nitrogens is 3. The lowest BCUT2D eigenvalue weighted by molar-refractivity contribution is 0.188. The van der Waals surface area contributed by atoms with Gasteiger partial charge in [-0.05, 0) is 68.2 Å². The lowest BCUT2D eigenvalue weighted by Gasteiger charge is -2.34. The third-order valence-corrected chi connectivity index (χ3v) is 8.77. The Morgan fingerprint density at radius 2 is 1.85 bits per heavy atom. The van der Waals surface area contributed by atoms with Crippen LogP contribution in [0, 0.1) is 0 Å². The Morgan fingerprint density at radius 3 is 2.62 bits per heavy atom. The van der Waals surface area contributed by atoms with Crippen molar-refractivity contribution in [3.05, 3.63) is 52.8 Å². The number of aromatic hydroxyl groups is 1. The fourth-order valence-electron chi connectivity index (χ4n) is 6.65. The minimum atomic E-state index is -0.155. The summed E-state index contributed by atoms with van der Waals surface area (Å²) in [6, 6.07) is 14.7. The molecular formula is C30H34N6O3. The zero-order chi connectivity index (χ0) is 26.7. The van der Waals surface area contributed by atoms with Crippen LogP contribution in [0.15, 0.2) is 47.3 Å². The van der Waals surface area contributed by atoms with Crippen LogP contribution >= 0.6 is 0 Å². The fourth-order valence-corrected chi connectivity index (χ4v) is 6.65. The van der Waals surface area contributed by atoms with Crippen LogP contribution in [0.1, 0.15) is 25.7 Å². The summed E-state index contributed by atoms with van der Waals surface area (Å²) >= 11 is 0. The maximum Gasteiger partial charge on any atom is 0.319 e. The number of anilines is 1. The number of likely N-dealkylation sites (N-methyl/N-ethyl adjacent to an activating group) is 1. The molecule has 0 aliphatic carbocycles. The molecule has 5 heterocycles. The van der Waals surface area contributed by atoms with Gasteiger partial charge in [-0.25, -0.2) is 0 Å². The molecule has 3 atom stereocenters. The lowest BCUT2D eigenvalue weighted by Crippen LogP contribution is -2.51. The average Bonchev–Trinajstić information content (AvgIpc) is 3.51. The van der Waals surface area contributed by atoms with E-state index in [4.69, 9.17) is 14.7 Å². The Kier molecular flexibility index (Phi) is 5.93. The molecule has 9 nitrogen and oxygen atoms in total. The number of nitrogens with zero attached hydrogens (tertiary/aromatic N) is 5. The van der Waals surface area contributed by atoms with Crippen molar-refractivity contribution in [1.29, 1.82) is 0 Å². The second-order valence-corrected chi connectivity index (χ2v) is 11.3. The van der Waals surface area contributed by atoms with Crippen LogP contribution in [0.2, 0.25) is 0 Å². The van der Waals surface area contributed by atoms with E-state index in [1.807, 2.05) is 30.3 Å². The summed E-state index contributed by atoms with van der Waals surface area (Å²) in [4.78, 5) is 28.3. The number of rotatable bonds is 5. The van der Waals surface area contributed by atoms with Gasteiger partial charge >= 0.3 is 6.01 Å². The van der Waals surface area contributed by atoms with Crippen LogP contribution in [0.5, 0.6) is 11.8 Å². The monoisotopic (exact) mass is 526 g/mol. The highest BCUT2D eigenvalue weighted by atomic mass is 16.5.